The second-order valence-electron chi connectivity index (χ2n) is 6.23. The normalized spacial score (nSPS) is 13.5. The third kappa shape index (κ3) is 2.86. The molecule has 0 unspecified atom stereocenters. The van der Waals surface area contributed by atoms with Crippen LogP contribution in [0.25, 0.3) is 22.5 Å². The maximum Gasteiger partial charge on any atom is 0.409 e. The lowest BCUT2D eigenvalue weighted by molar-refractivity contribution is 0.209. The van der Waals surface area contributed by atoms with Gasteiger partial charge in [-0.3, -0.25) is 10.3 Å². The summed E-state index contributed by atoms with van der Waals surface area (Å²) in [5.41, 5.74) is 3.39. The van der Waals surface area contributed by atoms with Crippen LogP contribution in [0.4, 0.5) is 20.7 Å². The smallest absolute Gasteiger partial charge is 0.409 e. The molecular weight excluding hydrogens is 351 g/mol. The number of fused-ring (bicyclic) bond motifs is 3. The zero-order valence-corrected chi connectivity index (χ0v) is 14.7. The summed E-state index contributed by atoms with van der Waals surface area (Å²) in [4.78, 5) is 23.7. The van der Waals surface area contributed by atoms with Crippen LogP contribution in [0, 0.1) is 12.7 Å². The fourth-order valence-electron chi connectivity index (χ4n) is 3.35. The number of rotatable bonds is 2. The molecule has 1 amide bonds. The van der Waals surface area contributed by atoms with Gasteiger partial charge in [0.2, 0.25) is 5.62 Å². The molecule has 3 N–H and O–H groups in total. The number of aromatic nitrogens is 3. The summed E-state index contributed by atoms with van der Waals surface area (Å²) < 4.78 is 16.2. The standard InChI is InChI=1S/C18H17FN6O2/c1-9-5-13(19)14(23-18(26)27)7-11(9)12-6-10-8-22-17(20-2)24-15(10)25-4-3-21-16(12)25/h5-8,21,23H,3-4H2,1-2H3,(H,26,27). The van der Waals surface area contributed by atoms with Gasteiger partial charge in [-0.1, -0.05) is 0 Å². The third-order valence-electron chi connectivity index (χ3n) is 4.54. The van der Waals surface area contributed by atoms with Gasteiger partial charge < -0.3 is 15.0 Å². The van der Waals surface area contributed by atoms with Gasteiger partial charge in [-0.2, -0.15) is 4.98 Å². The molecule has 3 aliphatic heterocycles. The summed E-state index contributed by atoms with van der Waals surface area (Å²) in [6.07, 6.45) is 0.388. The lowest BCUT2D eigenvalue weighted by Gasteiger charge is -2.19. The van der Waals surface area contributed by atoms with Crippen molar-refractivity contribution < 1.29 is 14.3 Å². The highest BCUT2D eigenvalue weighted by Gasteiger charge is 2.23. The number of hydrogen-bond donors (Lipinski definition) is 3. The van der Waals surface area contributed by atoms with Crippen LogP contribution in [-0.2, 0) is 6.54 Å². The Bertz CT molecular complexity index is 1110. The van der Waals surface area contributed by atoms with Crippen LogP contribution < -0.4 is 16.3 Å². The van der Waals surface area contributed by atoms with Crippen LogP contribution in [0.1, 0.15) is 5.56 Å². The van der Waals surface area contributed by atoms with Crippen LogP contribution in [0.15, 0.2) is 29.4 Å². The summed E-state index contributed by atoms with van der Waals surface area (Å²) >= 11 is 0. The second-order valence-corrected chi connectivity index (χ2v) is 6.23. The Balaban J connectivity index is 1.98. The minimum atomic E-state index is -1.32. The van der Waals surface area contributed by atoms with E-state index in [1.807, 2.05) is 10.6 Å². The van der Waals surface area contributed by atoms with Crippen molar-refractivity contribution in [1.29, 1.82) is 0 Å². The molecular formula is C18H17FN6O2. The van der Waals surface area contributed by atoms with Crippen molar-refractivity contribution in [2.45, 2.75) is 13.5 Å². The molecule has 0 aromatic heterocycles. The molecule has 4 rings (SSSR count). The number of nitrogens with zero attached hydrogens (tertiary/aromatic N) is 4. The van der Waals surface area contributed by atoms with E-state index in [1.54, 1.807) is 20.2 Å². The monoisotopic (exact) mass is 368 g/mol. The fraction of sp³-hybridized carbons (Fsp3) is 0.222. The lowest BCUT2D eigenvalue weighted by atomic mass is 9.98. The fourth-order valence-corrected chi connectivity index (χ4v) is 3.35. The number of aryl methyl sites for hydroxylation is 1. The van der Waals surface area contributed by atoms with Gasteiger partial charge in [0.05, 0.1) is 5.69 Å². The quantitative estimate of drug-likeness (QED) is 0.645. The number of hydrogen-bond acceptors (Lipinski definition) is 5. The van der Waals surface area contributed by atoms with E-state index in [9.17, 15) is 9.18 Å². The van der Waals surface area contributed by atoms with E-state index >= 15 is 0 Å². The molecule has 9 heteroatoms. The van der Waals surface area contributed by atoms with E-state index in [2.05, 4.69) is 25.6 Å². The average Bonchev–Trinajstić information content (AvgIpc) is 3.13. The van der Waals surface area contributed by atoms with Crippen LogP contribution in [-0.4, -0.2) is 39.3 Å². The molecule has 3 aliphatic rings. The van der Waals surface area contributed by atoms with Gasteiger partial charge in [0.1, 0.15) is 17.5 Å². The highest BCUT2D eigenvalue weighted by molar-refractivity contribution is 5.88. The Morgan fingerprint density at radius 1 is 1.37 bits per heavy atom. The zero-order valence-electron chi connectivity index (χ0n) is 14.7. The molecule has 1 aromatic carbocycles. The molecule has 0 radical (unpaired) electrons. The summed E-state index contributed by atoms with van der Waals surface area (Å²) in [5.74, 6) is 0.992. The SMILES string of the molecule is CN=c1ncc2cc(-c3cc(NC(=O)O)c(F)cc3C)c3n(c-2n1)CCN3. The minimum absolute atomic E-state index is 0.0867. The Hall–Kier alpha value is -3.49. The number of carbonyl (C=O) groups is 1. The average molecular weight is 368 g/mol. The maximum absolute atomic E-state index is 14.1. The highest BCUT2D eigenvalue weighted by atomic mass is 19.1. The second kappa shape index (κ2) is 6.35. The molecule has 138 valence electrons. The predicted molar refractivity (Wildman–Crippen MR) is 98.4 cm³/mol. The van der Waals surface area contributed by atoms with E-state index in [4.69, 9.17) is 5.11 Å². The summed E-state index contributed by atoms with van der Waals surface area (Å²) in [7, 11) is 1.64. The van der Waals surface area contributed by atoms with E-state index in [0.29, 0.717) is 11.2 Å². The first-order valence-corrected chi connectivity index (χ1v) is 8.35. The van der Waals surface area contributed by atoms with Crippen LogP contribution in [0.5, 0.6) is 0 Å². The number of nitrogens with one attached hydrogen (secondary N) is 2. The van der Waals surface area contributed by atoms with Gasteiger partial charge in [0, 0.05) is 37.5 Å². The van der Waals surface area contributed by atoms with Gasteiger partial charge in [0.25, 0.3) is 0 Å². The van der Waals surface area contributed by atoms with E-state index in [1.165, 1.54) is 12.1 Å². The van der Waals surface area contributed by atoms with E-state index in [0.717, 1.165) is 41.4 Å². The molecule has 0 aliphatic carbocycles. The Labute approximate surface area is 153 Å². The molecule has 0 atom stereocenters. The first-order valence-electron chi connectivity index (χ1n) is 8.35. The molecule has 0 spiro atoms. The predicted octanol–water partition coefficient (Wildman–Crippen LogP) is 2.54. The lowest BCUT2D eigenvalue weighted by Crippen LogP contribution is -2.17. The largest absolute Gasteiger partial charge is 0.465 e. The summed E-state index contributed by atoms with van der Waals surface area (Å²) in [6.45, 7) is 3.24. The summed E-state index contributed by atoms with van der Waals surface area (Å²) in [5, 5.41) is 14.4. The van der Waals surface area contributed by atoms with E-state index < -0.39 is 11.9 Å². The Kier molecular flexibility index (Phi) is 3.98. The van der Waals surface area contributed by atoms with Crippen LogP contribution in [0.3, 0.4) is 0 Å². The Morgan fingerprint density at radius 2 is 2.19 bits per heavy atom. The van der Waals surface area contributed by atoms with E-state index in [-0.39, 0.29) is 5.69 Å². The Morgan fingerprint density at radius 3 is 2.93 bits per heavy atom. The van der Waals surface area contributed by atoms with Crippen LogP contribution in [0.2, 0.25) is 0 Å². The molecule has 27 heavy (non-hydrogen) atoms. The van der Waals surface area contributed by atoms with Crippen molar-refractivity contribution in [1.82, 2.24) is 14.5 Å². The van der Waals surface area contributed by atoms with Crippen molar-refractivity contribution in [3.8, 4) is 22.5 Å². The highest BCUT2D eigenvalue weighted by Crippen LogP contribution is 2.39. The minimum Gasteiger partial charge on any atom is -0.465 e. The van der Waals surface area contributed by atoms with Gasteiger partial charge in [-0.25, -0.2) is 14.2 Å². The number of amides is 1. The van der Waals surface area contributed by atoms with Gasteiger partial charge >= 0.3 is 6.09 Å². The zero-order chi connectivity index (χ0) is 19.1. The van der Waals surface area contributed by atoms with Crippen molar-refractivity contribution >= 4 is 17.6 Å². The molecule has 0 fully saturated rings. The molecule has 0 bridgehead atoms. The maximum atomic E-state index is 14.1. The van der Waals surface area contributed by atoms with Gasteiger partial charge in [0.15, 0.2) is 0 Å². The first-order chi connectivity index (χ1) is 13.0. The van der Waals surface area contributed by atoms with Gasteiger partial charge in [-0.15, -0.1) is 0 Å². The van der Waals surface area contributed by atoms with Crippen molar-refractivity contribution in [2.75, 3.05) is 24.2 Å². The number of halogens is 1. The number of benzene rings is 1. The topological polar surface area (TPSA) is 104 Å². The molecule has 3 heterocycles. The number of anilines is 2. The molecule has 1 aromatic rings. The van der Waals surface area contributed by atoms with Crippen molar-refractivity contribution in [2.24, 2.45) is 4.99 Å². The van der Waals surface area contributed by atoms with Crippen molar-refractivity contribution in [3.05, 3.63) is 41.4 Å². The number of pyridine rings is 1. The van der Waals surface area contributed by atoms with Crippen LogP contribution >= 0.6 is 0 Å². The third-order valence-corrected chi connectivity index (χ3v) is 4.54. The molecule has 0 saturated heterocycles. The summed E-state index contributed by atoms with van der Waals surface area (Å²) in [6, 6.07) is 4.76. The van der Waals surface area contributed by atoms with Gasteiger partial charge in [-0.05, 0) is 36.2 Å². The first kappa shape index (κ1) is 17.0. The molecule has 0 saturated carbocycles. The van der Waals surface area contributed by atoms with Crippen molar-refractivity contribution in [3.63, 3.8) is 0 Å². The molecule has 8 nitrogen and oxygen atoms in total. The number of carboxylic acid groups (broad SMARTS) is 1.